The number of aromatic nitrogens is 2. The summed E-state index contributed by atoms with van der Waals surface area (Å²) in [7, 11) is 0. The van der Waals surface area contributed by atoms with Gasteiger partial charge in [-0.05, 0) is 18.4 Å². The van der Waals surface area contributed by atoms with E-state index in [0.29, 0.717) is 5.92 Å². The molecule has 82 valence electrons. The number of benzene rings is 1. The summed E-state index contributed by atoms with van der Waals surface area (Å²) in [5, 5.41) is 0. The van der Waals surface area contributed by atoms with Crippen LogP contribution in [0.25, 0.3) is 0 Å². The largest absolute Gasteiger partial charge is 0.348 e. The van der Waals surface area contributed by atoms with Crippen LogP contribution >= 0.6 is 0 Å². The van der Waals surface area contributed by atoms with Gasteiger partial charge in [0.15, 0.2) is 0 Å². The Morgan fingerprint density at radius 1 is 1.31 bits per heavy atom. The number of aryl methyl sites for hydroxylation is 1. The van der Waals surface area contributed by atoms with Gasteiger partial charge in [-0.1, -0.05) is 36.4 Å². The summed E-state index contributed by atoms with van der Waals surface area (Å²) in [5.74, 6) is 1.32. The number of nitrogens with one attached hydrogen (secondary N) is 1. The Morgan fingerprint density at radius 3 is 2.75 bits per heavy atom. The van der Waals surface area contributed by atoms with Crippen LogP contribution in [0, 0.1) is 0 Å². The van der Waals surface area contributed by atoms with Crippen molar-refractivity contribution in [3.63, 3.8) is 0 Å². The van der Waals surface area contributed by atoms with Crippen LogP contribution in [0.2, 0.25) is 0 Å². The first kappa shape index (κ1) is 10.7. The molecule has 0 bridgehead atoms. The first-order valence-electron chi connectivity index (χ1n) is 5.56. The fourth-order valence-corrected chi connectivity index (χ4v) is 1.81. The zero-order valence-electron chi connectivity index (χ0n) is 9.26. The molecule has 2 aromatic rings. The van der Waals surface area contributed by atoms with Gasteiger partial charge >= 0.3 is 0 Å². The smallest absolute Gasteiger partial charge is 0.112 e. The van der Waals surface area contributed by atoms with Crippen LogP contribution in [0.15, 0.2) is 55.4 Å². The standard InChI is InChI=1S/C14H16N2/c1-2-13(14-15-10-11-16-14)9-8-12-6-4-3-5-7-12/h2-7,10-11,13H,1,8-9H2,(H,15,16). The molecule has 1 aromatic heterocycles. The second-order valence-corrected chi connectivity index (χ2v) is 3.84. The van der Waals surface area contributed by atoms with E-state index in [9.17, 15) is 0 Å². The van der Waals surface area contributed by atoms with Crippen molar-refractivity contribution < 1.29 is 0 Å². The fraction of sp³-hybridized carbons (Fsp3) is 0.214. The molecule has 16 heavy (non-hydrogen) atoms. The number of hydrogen-bond donors (Lipinski definition) is 1. The van der Waals surface area contributed by atoms with Crippen LogP contribution in [0.1, 0.15) is 23.7 Å². The third kappa shape index (κ3) is 2.60. The van der Waals surface area contributed by atoms with Crippen LogP contribution in [0.4, 0.5) is 0 Å². The second-order valence-electron chi connectivity index (χ2n) is 3.84. The number of allylic oxidation sites excluding steroid dienone is 1. The Morgan fingerprint density at radius 2 is 2.12 bits per heavy atom. The van der Waals surface area contributed by atoms with Crippen molar-refractivity contribution >= 4 is 0 Å². The minimum atomic E-state index is 0.315. The lowest BCUT2D eigenvalue weighted by Gasteiger charge is -2.09. The molecule has 2 heteroatoms. The highest BCUT2D eigenvalue weighted by atomic mass is 14.9. The molecule has 0 aliphatic carbocycles. The zero-order valence-corrected chi connectivity index (χ0v) is 9.26. The van der Waals surface area contributed by atoms with Gasteiger partial charge in [-0.25, -0.2) is 4.98 Å². The van der Waals surface area contributed by atoms with Crippen molar-refractivity contribution in [2.24, 2.45) is 0 Å². The zero-order chi connectivity index (χ0) is 11.2. The molecule has 1 aromatic carbocycles. The molecule has 1 unspecified atom stereocenters. The van der Waals surface area contributed by atoms with Gasteiger partial charge < -0.3 is 4.98 Å². The van der Waals surface area contributed by atoms with Gasteiger partial charge in [0.1, 0.15) is 5.82 Å². The summed E-state index contributed by atoms with van der Waals surface area (Å²) < 4.78 is 0. The summed E-state index contributed by atoms with van der Waals surface area (Å²) in [6, 6.07) is 10.5. The van der Waals surface area contributed by atoms with Crippen molar-refractivity contribution in [3.8, 4) is 0 Å². The molecule has 0 aliphatic rings. The molecule has 0 saturated carbocycles. The van der Waals surface area contributed by atoms with E-state index in [1.54, 1.807) is 6.20 Å². The number of H-pyrrole nitrogens is 1. The quantitative estimate of drug-likeness (QED) is 0.757. The number of imidazole rings is 1. The van der Waals surface area contributed by atoms with Gasteiger partial charge in [0, 0.05) is 18.3 Å². The highest BCUT2D eigenvalue weighted by Gasteiger charge is 2.09. The summed E-state index contributed by atoms with van der Waals surface area (Å²) in [4.78, 5) is 7.41. The summed E-state index contributed by atoms with van der Waals surface area (Å²) in [6.07, 6.45) is 7.70. The summed E-state index contributed by atoms with van der Waals surface area (Å²) >= 11 is 0. The van der Waals surface area contributed by atoms with Gasteiger partial charge in [-0.2, -0.15) is 0 Å². The lowest BCUT2D eigenvalue weighted by Crippen LogP contribution is -1.99. The molecule has 2 nitrogen and oxygen atoms in total. The Kier molecular flexibility index (Phi) is 3.54. The maximum Gasteiger partial charge on any atom is 0.112 e. The average Bonchev–Trinajstić information content (AvgIpc) is 2.85. The van der Waals surface area contributed by atoms with E-state index in [1.807, 2.05) is 18.3 Å². The van der Waals surface area contributed by atoms with Crippen LogP contribution in [0.3, 0.4) is 0 Å². The molecule has 0 saturated heterocycles. The highest BCUT2D eigenvalue weighted by molar-refractivity contribution is 5.16. The molecular weight excluding hydrogens is 196 g/mol. The van der Waals surface area contributed by atoms with Crippen molar-refractivity contribution in [3.05, 3.63) is 66.8 Å². The Hall–Kier alpha value is -1.83. The maximum absolute atomic E-state index is 4.27. The van der Waals surface area contributed by atoms with Crippen molar-refractivity contribution in [2.45, 2.75) is 18.8 Å². The van der Waals surface area contributed by atoms with E-state index >= 15 is 0 Å². The summed E-state index contributed by atoms with van der Waals surface area (Å²) in [6.45, 7) is 3.87. The molecule has 0 amide bonds. The van der Waals surface area contributed by atoms with Crippen LogP contribution in [-0.4, -0.2) is 9.97 Å². The second kappa shape index (κ2) is 5.31. The minimum absolute atomic E-state index is 0.315. The molecule has 1 atom stereocenters. The van der Waals surface area contributed by atoms with Crippen LogP contribution in [-0.2, 0) is 6.42 Å². The molecule has 1 N–H and O–H groups in total. The lowest BCUT2D eigenvalue weighted by atomic mass is 9.99. The Bertz CT molecular complexity index is 417. The molecule has 0 radical (unpaired) electrons. The summed E-state index contributed by atoms with van der Waals surface area (Å²) in [5.41, 5.74) is 1.36. The van der Waals surface area contributed by atoms with Crippen molar-refractivity contribution in [1.82, 2.24) is 9.97 Å². The van der Waals surface area contributed by atoms with Gasteiger partial charge in [-0.3, -0.25) is 0 Å². The van der Waals surface area contributed by atoms with E-state index in [0.717, 1.165) is 18.7 Å². The lowest BCUT2D eigenvalue weighted by molar-refractivity contribution is 0.701. The maximum atomic E-state index is 4.27. The van der Waals surface area contributed by atoms with Gasteiger partial charge in [-0.15, -0.1) is 6.58 Å². The molecule has 0 fully saturated rings. The third-order valence-electron chi connectivity index (χ3n) is 2.74. The first-order valence-corrected chi connectivity index (χ1v) is 5.56. The topological polar surface area (TPSA) is 28.7 Å². The van der Waals surface area contributed by atoms with Gasteiger partial charge in [0.25, 0.3) is 0 Å². The SMILES string of the molecule is C=CC(CCc1ccccc1)c1ncc[nH]1. The molecule has 0 aliphatic heterocycles. The Balaban J connectivity index is 1.96. The first-order chi connectivity index (χ1) is 7.90. The number of aromatic amines is 1. The average molecular weight is 212 g/mol. The number of hydrogen-bond acceptors (Lipinski definition) is 1. The van der Waals surface area contributed by atoms with E-state index < -0.39 is 0 Å². The molecule has 1 heterocycles. The minimum Gasteiger partial charge on any atom is -0.348 e. The van der Waals surface area contributed by atoms with E-state index in [-0.39, 0.29) is 0 Å². The van der Waals surface area contributed by atoms with Gasteiger partial charge in [0.2, 0.25) is 0 Å². The van der Waals surface area contributed by atoms with Gasteiger partial charge in [0.05, 0.1) is 0 Å². The molecular formula is C14H16N2. The Labute approximate surface area is 96.1 Å². The van der Waals surface area contributed by atoms with Crippen molar-refractivity contribution in [2.75, 3.05) is 0 Å². The predicted octanol–water partition coefficient (Wildman–Crippen LogP) is 3.31. The molecule has 2 rings (SSSR count). The van der Waals surface area contributed by atoms with Crippen molar-refractivity contribution in [1.29, 1.82) is 0 Å². The predicted molar refractivity (Wildman–Crippen MR) is 66.3 cm³/mol. The number of nitrogens with zero attached hydrogens (tertiary/aromatic N) is 1. The third-order valence-corrected chi connectivity index (χ3v) is 2.74. The fourth-order valence-electron chi connectivity index (χ4n) is 1.81. The van der Waals surface area contributed by atoms with E-state index in [2.05, 4.69) is 40.8 Å². The van der Waals surface area contributed by atoms with Crippen LogP contribution in [0.5, 0.6) is 0 Å². The number of rotatable bonds is 5. The monoisotopic (exact) mass is 212 g/mol. The normalized spacial score (nSPS) is 12.2. The highest BCUT2D eigenvalue weighted by Crippen LogP contribution is 2.19. The molecule has 0 spiro atoms. The van der Waals surface area contributed by atoms with E-state index in [1.165, 1.54) is 5.56 Å². The van der Waals surface area contributed by atoms with E-state index in [4.69, 9.17) is 0 Å². The van der Waals surface area contributed by atoms with Crippen LogP contribution < -0.4 is 0 Å².